The molecule has 192 valence electrons. The van der Waals surface area contributed by atoms with Crippen molar-refractivity contribution in [2.24, 2.45) is 46.3 Å². The van der Waals surface area contributed by atoms with Gasteiger partial charge in [0.1, 0.15) is 0 Å². The quantitative estimate of drug-likeness (QED) is 0.393. The van der Waals surface area contributed by atoms with E-state index in [1.807, 2.05) is 6.92 Å². The largest absolute Gasteiger partial charge is 0.481 e. The van der Waals surface area contributed by atoms with Crippen LogP contribution in [-0.2, 0) is 4.79 Å². The molecule has 0 aromatic carbocycles. The zero-order valence-electron chi connectivity index (χ0n) is 22.4. The Morgan fingerprint density at radius 2 is 1.82 bits per heavy atom. The average molecular weight is 473 g/mol. The number of aliphatic hydroxyl groups excluding tert-OH is 1. The summed E-state index contributed by atoms with van der Waals surface area (Å²) in [5, 5.41) is 31.2. The Balaban J connectivity index is 1.57. The molecule has 0 aromatic rings. The van der Waals surface area contributed by atoms with Crippen LogP contribution in [-0.4, -0.2) is 33.0 Å². The summed E-state index contributed by atoms with van der Waals surface area (Å²) in [5.41, 5.74) is 3.47. The fraction of sp³-hybridized carbons (Fsp3) is 0.833. The standard InChI is InChI=1S/C30H48O4/c1-17(20(4)27(32)33)8-9-18(2)21-10-11-22-26-19(3)16-24-29(6,15-13-25(31)30(24,7)34)23(26)12-14-28(21,22)5/h18-22,24-25,31,34H,1,8-16H2,2-7H3,(H,32,33)/t18-,19+,20-,21-,22?,24?,25-,28-,29-,30-/m1/s1. The summed E-state index contributed by atoms with van der Waals surface area (Å²) < 4.78 is 0. The van der Waals surface area contributed by atoms with Gasteiger partial charge in [-0.15, -0.1) is 0 Å². The van der Waals surface area contributed by atoms with E-state index < -0.39 is 23.6 Å². The second kappa shape index (κ2) is 8.76. The third kappa shape index (κ3) is 3.82. The number of carbonyl (C=O) groups is 1. The molecule has 4 nitrogen and oxygen atoms in total. The SMILES string of the molecule is C=C(CC[C@@H](C)[C@H]1CCC2C3=C(CC[C@@]21C)[C@@]1(C)CC[C@@H](O)[C@](C)(O)C1C[C@@H]3C)[C@@H](C)C(=O)O. The summed E-state index contributed by atoms with van der Waals surface area (Å²) in [4.78, 5) is 11.3. The van der Waals surface area contributed by atoms with Crippen molar-refractivity contribution in [1.29, 1.82) is 0 Å². The molecule has 0 saturated heterocycles. The fourth-order valence-corrected chi connectivity index (χ4v) is 9.20. The van der Waals surface area contributed by atoms with E-state index in [1.165, 1.54) is 19.3 Å². The number of aliphatic carboxylic acids is 1. The lowest BCUT2D eigenvalue weighted by Crippen LogP contribution is -2.59. The van der Waals surface area contributed by atoms with Crippen LogP contribution in [0.5, 0.6) is 0 Å². The van der Waals surface area contributed by atoms with Crippen molar-refractivity contribution >= 4 is 5.97 Å². The maximum Gasteiger partial charge on any atom is 0.310 e. The summed E-state index contributed by atoms with van der Waals surface area (Å²) in [7, 11) is 0. The van der Waals surface area contributed by atoms with Crippen LogP contribution < -0.4 is 0 Å². The van der Waals surface area contributed by atoms with E-state index in [2.05, 4.69) is 34.3 Å². The van der Waals surface area contributed by atoms with Gasteiger partial charge in [-0.3, -0.25) is 4.79 Å². The maximum atomic E-state index is 11.3. The molecule has 10 atom stereocenters. The number of allylic oxidation sites excluding steroid dienone is 2. The summed E-state index contributed by atoms with van der Waals surface area (Å²) in [5.74, 6) is 1.18. The highest BCUT2D eigenvalue weighted by molar-refractivity contribution is 5.72. The molecule has 3 N–H and O–H groups in total. The average Bonchev–Trinajstić information content (AvgIpc) is 3.13. The highest BCUT2D eigenvalue weighted by atomic mass is 16.4. The van der Waals surface area contributed by atoms with Crippen LogP contribution in [0.15, 0.2) is 23.3 Å². The third-order valence-corrected chi connectivity index (χ3v) is 11.5. The number of carboxylic acids is 1. The zero-order chi connectivity index (χ0) is 25.2. The Kier molecular flexibility index (Phi) is 6.69. The minimum atomic E-state index is -1.01. The van der Waals surface area contributed by atoms with Gasteiger partial charge in [0.25, 0.3) is 0 Å². The van der Waals surface area contributed by atoms with Gasteiger partial charge in [0.05, 0.1) is 17.6 Å². The van der Waals surface area contributed by atoms with Crippen LogP contribution in [0.25, 0.3) is 0 Å². The summed E-state index contributed by atoms with van der Waals surface area (Å²) in [6.07, 6.45) is 8.67. The van der Waals surface area contributed by atoms with Crippen LogP contribution in [0.3, 0.4) is 0 Å². The van der Waals surface area contributed by atoms with Gasteiger partial charge in [-0.1, -0.05) is 51.0 Å². The van der Waals surface area contributed by atoms with Crippen molar-refractivity contribution in [3.63, 3.8) is 0 Å². The number of aliphatic hydroxyl groups is 2. The van der Waals surface area contributed by atoms with Gasteiger partial charge in [0, 0.05) is 0 Å². The van der Waals surface area contributed by atoms with Crippen molar-refractivity contribution in [3.8, 4) is 0 Å². The Morgan fingerprint density at radius 3 is 2.47 bits per heavy atom. The van der Waals surface area contributed by atoms with Crippen molar-refractivity contribution in [3.05, 3.63) is 23.3 Å². The van der Waals surface area contributed by atoms with Crippen LogP contribution in [0.1, 0.15) is 99.3 Å². The first-order valence-corrected chi connectivity index (χ1v) is 13.8. The fourth-order valence-electron chi connectivity index (χ4n) is 9.20. The molecule has 34 heavy (non-hydrogen) atoms. The molecule has 0 radical (unpaired) electrons. The summed E-state index contributed by atoms with van der Waals surface area (Å²) >= 11 is 0. The molecule has 2 unspecified atom stereocenters. The molecule has 2 fully saturated rings. The van der Waals surface area contributed by atoms with E-state index in [1.54, 1.807) is 18.1 Å². The topological polar surface area (TPSA) is 77.8 Å². The van der Waals surface area contributed by atoms with Gasteiger partial charge in [0.2, 0.25) is 0 Å². The van der Waals surface area contributed by atoms with Gasteiger partial charge in [-0.2, -0.15) is 0 Å². The molecule has 0 spiro atoms. The van der Waals surface area contributed by atoms with Gasteiger partial charge < -0.3 is 15.3 Å². The smallest absolute Gasteiger partial charge is 0.310 e. The second-order valence-corrected chi connectivity index (χ2v) is 13.3. The molecule has 0 amide bonds. The van der Waals surface area contributed by atoms with Crippen LogP contribution in [0.2, 0.25) is 0 Å². The lowest BCUT2D eigenvalue weighted by molar-refractivity contribution is -0.169. The first-order valence-electron chi connectivity index (χ1n) is 13.8. The van der Waals surface area contributed by atoms with Crippen molar-refractivity contribution in [2.75, 3.05) is 0 Å². The predicted octanol–water partition coefficient (Wildman–Crippen LogP) is 6.37. The molecule has 4 heteroatoms. The Bertz CT molecular complexity index is 871. The van der Waals surface area contributed by atoms with E-state index in [-0.39, 0.29) is 11.3 Å². The second-order valence-electron chi connectivity index (χ2n) is 13.3. The van der Waals surface area contributed by atoms with E-state index in [4.69, 9.17) is 0 Å². The van der Waals surface area contributed by atoms with Gasteiger partial charge in [-0.25, -0.2) is 0 Å². The number of hydrogen-bond acceptors (Lipinski definition) is 3. The molecule has 4 aliphatic rings. The highest BCUT2D eigenvalue weighted by Crippen LogP contribution is 2.68. The molecule has 0 bridgehead atoms. The van der Waals surface area contributed by atoms with Gasteiger partial charge in [-0.05, 0) is 112 Å². The number of rotatable bonds is 6. The number of fused-ring (bicyclic) bond motifs is 4. The van der Waals surface area contributed by atoms with Crippen molar-refractivity contribution < 1.29 is 20.1 Å². The van der Waals surface area contributed by atoms with Gasteiger partial charge in [0.15, 0.2) is 0 Å². The minimum absolute atomic E-state index is 0.000315. The molecule has 0 aromatic heterocycles. The zero-order valence-corrected chi connectivity index (χ0v) is 22.4. The van der Waals surface area contributed by atoms with Crippen LogP contribution in [0, 0.1) is 46.3 Å². The van der Waals surface area contributed by atoms with E-state index >= 15 is 0 Å². The third-order valence-electron chi connectivity index (χ3n) is 11.5. The maximum absolute atomic E-state index is 11.3. The first kappa shape index (κ1) is 25.9. The predicted molar refractivity (Wildman–Crippen MR) is 136 cm³/mol. The minimum Gasteiger partial charge on any atom is -0.481 e. The molecule has 2 saturated carbocycles. The summed E-state index contributed by atoms with van der Waals surface area (Å²) in [6, 6.07) is 0. The van der Waals surface area contributed by atoms with Crippen LogP contribution >= 0.6 is 0 Å². The van der Waals surface area contributed by atoms with E-state index in [0.29, 0.717) is 35.5 Å². The molecular formula is C30H48O4. The number of carboxylic acid groups (broad SMARTS) is 1. The Morgan fingerprint density at radius 1 is 1.15 bits per heavy atom. The van der Waals surface area contributed by atoms with Crippen LogP contribution in [0.4, 0.5) is 0 Å². The lowest BCUT2D eigenvalue weighted by atomic mass is 9.46. The molecule has 4 rings (SSSR count). The Hall–Kier alpha value is -1.13. The van der Waals surface area contributed by atoms with E-state index in [9.17, 15) is 20.1 Å². The number of hydrogen-bond donors (Lipinski definition) is 3. The molecule has 4 aliphatic carbocycles. The Labute approximate surface area is 206 Å². The van der Waals surface area contributed by atoms with Crippen molar-refractivity contribution in [2.45, 2.75) is 111 Å². The monoisotopic (exact) mass is 472 g/mol. The lowest BCUT2D eigenvalue weighted by Gasteiger charge is -2.60. The molecular weight excluding hydrogens is 424 g/mol. The molecule has 0 heterocycles. The van der Waals surface area contributed by atoms with Crippen molar-refractivity contribution in [1.82, 2.24) is 0 Å². The highest BCUT2D eigenvalue weighted by Gasteiger charge is 2.61. The van der Waals surface area contributed by atoms with E-state index in [0.717, 1.165) is 37.7 Å². The normalized spacial score (nSPS) is 45.7. The van der Waals surface area contributed by atoms with Gasteiger partial charge >= 0.3 is 5.97 Å². The molecule has 0 aliphatic heterocycles. The summed E-state index contributed by atoms with van der Waals surface area (Å²) in [6.45, 7) is 17.4. The first-order chi connectivity index (χ1) is 15.7.